The lowest BCUT2D eigenvalue weighted by Gasteiger charge is -2.13. The smallest absolute Gasteiger partial charge is 0.133 e. The standard InChI is InChI=1S/C20H23N3O2/c24-12-16(25)8-10-20-22-21-13-23(20)11-15-7-9-18(14-5-6-14)19-4-2-1-3-17(15)19/h1-4,7,9,13-14,16,24-25H,5-6,8,10-12H2. The highest BCUT2D eigenvalue weighted by atomic mass is 16.3. The highest BCUT2D eigenvalue weighted by Crippen LogP contribution is 2.43. The van der Waals surface area contributed by atoms with Crippen LogP contribution >= 0.6 is 0 Å². The second-order valence-corrected chi connectivity index (χ2v) is 6.88. The maximum absolute atomic E-state index is 9.56. The summed E-state index contributed by atoms with van der Waals surface area (Å²) in [7, 11) is 0. The van der Waals surface area contributed by atoms with Gasteiger partial charge in [0.2, 0.25) is 0 Å². The van der Waals surface area contributed by atoms with Crippen molar-refractivity contribution < 1.29 is 10.2 Å². The van der Waals surface area contributed by atoms with Gasteiger partial charge in [0, 0.05) is 6.42 Å². The Kier molecular flexibility index (Phi) is 4.51. The van der Waals surface area contributed by atoms with Gasteiger partial charge in [-0.25, -0.2) is 0 Å². The maximum atomic E-state index is 9.56. The van der Waals surface area contributed by atoms with E-state index in [1.54, 1.807) is 6.33 Å². The third kappa shape index (κ3) is 3.43. The van der Waals surface area contributed by atoms with Gasteiger partial charge in [0.1, 0.15) is 12.2 Å². The van der Waals surface area contributed by atoms with Crippen molar-refractivity contribution in [2.45, 2.75) is 44.2 Å². The van der Waals surface area contributed by atoms with E-state index in [0.717, 1.165) is 11.7 Å². The number of aryl methyl sites for hydroxylation is 1. The Labute approximate surface area is 146 Å². The lowest BCUT2D eigenvalue weighted by Crippen LogP contribution is -2.14. The molecule has 1 aliphatic rings. The van der Waals surface area contributed by atoms with Crippen LogP contribution in [-0.2, 0) is 13.0 Å². The molecule has 1 atom stereocenters. The van der Waals surface area contributed by atoms with E-state index in [9.17, 15) is 5.11 Å². The molecule has 5 heteroatoms. The van der Waals surface area contributed by atoms with E-state index in [0.29, 0.717) is 19.4 Å². The summed E-state index contributed by atoms with van der Waals surface area (Å²) in [5.41, 5.74) is 2.72. The number of nitrogens with zero attached hydrogens (tertiary/aromatic N) is 3. The van der Waals surface area contributed by atoms with Gasteiger partial charge in [0.05, 0.1) is 19.3 Å². The number of hydrogen-bond donors (Lipinski definition) is 2. The molecule has 130 valence electrons. The lowest BCUT2D eigenvalue weighted by atomic mass is 9.97. The minimum Gasteiger partial charge on any atom is -0.394 e. The molecule has 1 saturated carbocycles. The molecule has 1 aromatic heterocycles. The van der Waals surface area contributed by atoms with E-state index < -0.39 is 6.10 Å². The first kappa shape index (κ1) is 16.2. The molecule has 5 nitrogen and oxygen atoms in total. The topological polar surface area (TPSA) is 71.2 Å². The number of benzene rings is 2. The highest BCUT2D eigenvalue weighted by Gasteiger charge is 2.25. The van der Waals surface area contributed by atoms with Crippen molar-refractivity contribution in [2.75, 3.05) is 6.61 Å². The zero-order chi connectivity index (χ0) is 17.2. The van der Waals surface area contributed by atoms with E-state index in [1.165, 1.54) is 34.7 Å². The third-order valence-electron chi connectivity index (χ3n) is 5.01. The summed E-state index contributed by atoms with van der Waals surface area (Å²) in [6, 6.07) is 13.1. The lowest BCUT2D eigenvalue weighted by molar-refractivity contribution is 0.0879. The van der Waals surface area contributed by atoms with Gasteiger partial charge in [0.25, 0.3) is 0 Å². The number of aromatic nitrogens is 3. The van der Waals surface area contributed by atoms with Crippen LogP contribution in [0.25, 0.3) is 10.8 Å². The van der Waals surface area contributed by atoms with Gasteiger partial charge in [-0.1, -0.05) is 36.4 Å². The molecule has 1 fully saturated rings. The fourth-order valence-electron chi connectivity index (χ4n) is 3.45. The van der Waals surface area contributed by atoms with Crippen molar-refractivity contribution in [3.63, 3.8) is 0 Å². The molecule has 1 aliphatic carbocycles. The largest absolute Gasteiger partial charge is 0.394 e. The Morgan fingerprint density at radius 1 is 1.12 bits per heavy atom. The van der Waals surface area contributed by atoms with Crippen LogP contribution < -0.4 is 0 Å². The van der Waals surface area contributed by atoms with E-state index in [4.69, 9.17) is 5.11 Å². The SMILES string of the molecule is OCC(O)CCc1nncn1Cc1ccc(C2CC2)c2ccccc12. The van der Waals surface area contributed by atoms with Crippen molar-refractivity contribution in [2.24, 2.45) is 0 Å². The molecule has 0 bridgehead atoms. The second-order valence-electron chi connectivity index (χ2n) is 6.88. The van der Waals surface area contributed by atoms with Crippen LogP contribution in [-0.4, -0.2) is 37.7 Å². The fourth-order valence-corrected chi connectivity index (χ4v) is 3.45. The van der Waals surface area contributed by atoms with Crippen molar-refractivity contribution in [1.82, 2.24) is 14.8 Å². The fraction of sp³-hybridized carbons (Fsp3) is 0.400. The summed E-state index contributed by atoms with van der Waals surface area (Å²) < 4.78 is 2.03. The number of aliphatic hydroxyl groups is 2. The number of rotatable bonds is 7. The molecule has 1 heterocycles. The van der Waals surface area contributed by atoms with Crippen LogP contribution in [0.5, 0.6) is 0 Å². The molecule has 1 unspecified atom stereocenters. The summed E-state index contributed by atoms with van der Waals surface area (Å²) in [4.78, 5) is 0. The Morgan fingerprint density at radius 3 is 2.68 bits per heavy atom. The summed E-state index contributed by atoms with van der Waals surface area (Å²) >= 11 is 0. The van der Waals surface area contributed by atoms with Gasteiger partial charge < -0.3 is 14.8 Å². The van der Waals surface area contributed by atoms with Crippen molar-refractivity contribution in [3.8, 4) is 0 Å². The van der Waals surface area contributed by atoms with Gasteiger partial charge in [-0.05, 0) is 47.1 Å². The van der Waals surface area contributed by atoms with Crippen molar-refractivity contribution in [3.05, 3.63) is 59.7 Å². The molecular weight excluding hydrogens is 314 g/mol. The molecule has 0 spiro atoms. The van der Waals surface area contributed by atoms with Crippen molar-refractivity contribution >= 4 is 10.8 Å². The zero-order valence-electron chi connectivity index (χ0n) is 14.2. The number of fused-ring (bicyclic) bond motifs is 1. The molecule has 25 heavy (non-hydrogen) atoms. The van der Waals surface area contributed by atoms with Crippen LogP contribution in [0.3, 0.4) is 0 Å². The molecule has 0 amide bonds. The Balaban J connectivity index is 1.62. The molecule has 3 aromatic rings. The van der Waals surface area contributed by atoms with Gasteiger partial charge in [0.15, 0.2) is 0 Å². The van der Waals surface area contributed by atoms with E-state index >= 15 is 0 Å². The summed E-state index contributed by atoms with van der Waals surface area (Å²) in [5.74, 6) is 1.56. The summed E-state index contributed by atoms with van der Waals surface area (Å²) in [5, 5.41) is 29.4. The van der Waals surface area contributed by atoms with Crippen LogP contribution in [0.1, 0.15) is 42.1 Å². The average molecular weight is 337 g/mol. The quantitative estimate of drug-likeness (QED) is 0.695. The van der Waals surface area contributed by atoms with Crippen LogP contribution in [0.15, 0.2) is 42.7 Å². The van der Waals surface area contributed by atoms with E-state index in [1.807, 2.05) is 4.57 Å². The highest BCUT2D eigenvalue weighted by molar-refractivity contribution is 5.89. The maximum Gasteiger partial charge on any atom is 0.133 e. The summed E-state index contributed by atoms with van der Waals surface area (Å²) in [6.45, 7) is 0.490. The predicted molar refractivity (Wildman–Crippen MR) is 96.5 cm³/mol. The van der Waals surface area contributed by atoms with Crippen LogP contribution in [0.2, 0.25) is 0 Å². The Hall–Kier alpha value is -2.24. The minimum absolute atomic E-state index is 0.221. The molecular formula is C20H23N3O2. The monoisotopic (exact) mass is 337 g/mol. The first-order valence-corrected chi connectivity index (χ1v) is 8.92. The zero-order valence-corrected chi connectivity index (χ0v) is 14.2. The number of hydrogen-bond acceptors (Lipinski definition) is 4. The van der Waals surface area contributed by atoms with Crippen LogP contribution in [0.4, 0.5) is 0 Å². The Morgan fingerprint density at radius 2 is 1.92 bits per heavy atom. The molecule has 0 saturated heterocycles. The molecule has 0 aliphatic heterocycles. The van der Waals surface area contributed by atoms with Gasteiger partial charge in [-0.3, -0.25) is 0 Å². The van der Waals surface area contributed by atoms with Gasteiger partial charge >= 0.3 is 0 Å². The molecule has 2 aromatic carbocycles. The summed E-state index contributed by atoms with van der Waals surface area (Å²) in [6.07, 6.45) is 4.71. The van der Waals surface area contributed by atoms with Crippen LogP contribution in [0, 0.1) is 0 Å². The number of aliphatic hydroxyl groups excluding tert-OH is 2. The van der Waals surface area contributed by atoms with E-state index in [2.05, 4.69) is 46.6 Å². The normalized spacial score (nSPS) is 15.6. The average Bonchev–Trinajstić information content (AvgIpc) is 3.40. The van der Waals surface area contributed by atoms with Crippen molar-refractivity contribution in [1.29, 1.82) is 0 Å². The predicted octanol–water partition coefficient (Wildman–Crippen LogP) is 2.64. The first-order valence-electron chi connectivity index (χ1n) is 8.92. The molecule has 0 radical (unpaired) electrons. The second kappa shape index (κ2) is 6.94. The van der Waals surface area contributed by atoms with Gasteiger partial charge in [-0.15, -0.1) is 10.2 Å². The van der Waals surface area contributed by atoms with Gasteiger partial charge in [-0.2, -0.15) is 0 Å². The minimum atomic E-state index is -0.705. The molecule has 2 N–H and O–H groups in total. The molecule has 4 rings (SSSR count). The first-order chi connectivity index (χ1) is 12.3. The Bertz CT molecular complexity index is 870. The third-order valence-corrected chi connectivity index (χ3v) is 5.01. The van der Waals surface area contributed by atoms with E-state index in [-0.39, 0.29) is 6.61 Å².